The highest BCUT2D eigenvalue weighted by Gasteiger charge is 2.12. The summed E-state index contributed by atoms with van der Waals surface area (Å²) >= 11 is 0. The van der Waals surface area contributed by atoms with Crippen molar-refractivity contribution in [2.45, 2.75) is 32.6 Å². The molecule has 162 valence electrons. The summed E-state index contributed by atoms with van der Waals surface area (Å²) in [7, 11) is 0. The number of esters is 1. The second kappa shape index (κ2) is 9.87. The van der Waals surface area contributed by atoms with E-state index in [1.807, 2.05) is 24.3 Å². The average molecular weight is 429 g/mol. The largest absolute Gasteiger partial charge is 0.439 e. The molecule has 4 aromatic rings. The summed E-state index contributed by atoms with van der Waals surface area (Å²) in [6.07, 6.45) is 2.08. The Morgan fingerprint density at radius 1 is 0.969 bits per heavy atom. The van der Waals surface area contributed by atoms with Crippen molar-refractivity contribution >= 4 is 5.97 Å². The van der Waals surface area contributed by atoms with Crippen molar-refractivity contribution in [1.82, 2.24) is 15.1 Å². The monoisotopic (exact) mass is 429 g/mol. The first kappa shape index (κ1) is 21.2. The molecule has 4 rings (SSSR count). The number of pyridine rings is 1. The summed E-state index contributed by atoms with van der Waals surface area (Å²) < 4.78 is 16.3. The highest BCUT2D eigenvalue weighted by Crippen LogP contribution is 2.23. The Balaban J connectivity index is 1.28. The SMILES string of the molecule is CC(C)c1ccc(-c2noc(CCC(=O)Oc3ccc(Oc4ccccn4)cc3)n2)cc1. The van der Waals surface area contributed by atoms with E-state index < -0.39 is 0 Å². The normalized spacial score (nSPS) is 10.8. The molecule has 0 spiro atoms. The van der Waals surface area contributed by atoms with Gasteiger partial charge in [0.15, 0.2) is 0 Å². The molecule has 0 atom stereocenters. The van der Waals surface area contributed by atoms with Crippen molar-refractivity contribution < 1.29 is 18.8 Å². The fourth-order valence-electron chi connectivity index (χ4n) is 2.99. The Kier molecular flexibility index (Phi) is 6.55. The minimum absolute atomic E-state index is 0.125. The number of nitrogens with zero attached hydrogens (tertiary/aromatic N) is 3. The van der Waals surface area contributed by atoms with E-state index in [1.165, 1.54) is 5.56 Å². The van der Waals surface area contributed by atoms with Crippen LogP contribution in [-0.4, -0.2) is 21.1 Å². The summed E-state index contributed by atoms with van der Waals surface area (Å²) in [4.78, 5) is 20.7. The Morgan fingerprint density at radius 2 is 1.72 bits per heavy atom. The first-order valence-corrected chi connectivity index (χ1v) is 10.4. The Bertz CT molecular complexity index is 1150. The van der Waals surface area contributed by atoms with Gasteiger partial charge >= 0.3 is 5.97 Å². The number of hydrogen-bond acceptors (Lipinski definition) is 7. The van der Waals surface area contributed by atoms with Crippen LogP contribution in [0.1, 0.15) is 37.6 Å². The lowest BCUT2D eigenvalue weighted by molar-refractivity contribution is -0.134. The molecule has 0 saturated carbocycles. The molecule has 0 saturated heterocycles. The van der Waals surface area contributed by atoms with E-state index in [-0.39, 0.29) is 12.4 Å². The molecule has 0 aliphatic carbocycles. The van der Waals surface area contributed by atoms with Crippen LogP contribution in [0.25, 0.3) is 11.4 Å². The van der Waals surface area contributed by atoms with Gasteiger partial charge in [-0.1, -0.05) is 49.3 Å². The van der Waals surface area contributed by atoms with Gasteiger partial charge in [-0.25, -0.2) is 4.98 Å². The van der Waals surface area contributed by atoms with Crippen molar-refractivity contribution in [3.8, 4) is 28.8 Å². The van der Waals surface area contributed by atoms with E-state index >= 15 is 0 Å². The van der Waals surface area contributed by atoms with Crippen molar-refractivity contribution in [3.05, 3.63) is 84.4 Å². The topological polar surface area (TPSA) is 87.3 Å². The molecule has 0 amide bonds. The van der Waals surface area contributed by atoms with Crippen LogP contribution in [0, 0.1) is 0 Å². The average Bonchev–Trinajstić information content (AvgIpc) is 3.29. The molecule has 2 aromatic carbocycles. The summed E-state index contributed by atoms with van der Waals surface area (Å²) in [5.41, 5.74) is 2.12. The van der Waals surface area contributed by atoms with E-state index in [0.717, 1.165) is 5.56 Å². The number of carbonyl (C=O) groups excluding carboxylic acids is 1. The molecule has 0 aliphatic heterocycles. The maximum absolute atomic E-state index is 12.2. The van der Waals surface area contributed by atoms with Gasteiger partial charge in [-0.3, -0.25) is 4.79 Å². The molecule has 7 nitrogen and oxygen atoms in total. The van der Waals surface area contributed by atoms with Gasteiger partial charge in [-0.05, 0) is 41.8 Å². The number of ether oxygens (including phenoxy) is 2. The van der Waals surface area contributed by atoms with Gasteiger partial charge in [0, 0.05) is 24.2 Å². The third-order valence-electron chi connectivity index (χ3n) is 4.76. The Morgan fingerprint density at radius 3 is 2.41 bits per heavy atom. The fraction of sp³-hybridized carbons (Fsp3) is 0.200. The summed E-state index contributed by atoms with van der Waals surface area (Å²) in [5.74, 6) is 2.50. The van der Waals surface area contributed by atoms with Crippen molar-refractivity contribution in [2.75, 3.05) is 0 Å². The quantitative estimate of drug-likeness (QED) is 0.267. The molecule has 0 unspecified atom stereocenters. The number of carbonyl (C=O) groups is 1. The van der Waals surface area contributed by atoms with Crippen LogP contribution in [0.4, 0.5) is 0 Å². The lowest BCUT2D eigenvalue weighted by atomic mass is 10.0. The summed E-state index contributed by atoms with van der Waals surface area (Å²) in [5, 5.41) is 4.01. The van der Waals surface area contributed by atoms with Gasteiger partial charge < -0.3 is 14.0 Å². The van der Waals surface area contributed by atoms with E-state index in [9.17, 15) is 4.79 Å². The van der Waals surface area contributed by atoms with Crippen molar-refractivity contribution in [1.29, 1.82) is 0 Å². The highest BCUT2D eigenvalue weighted by molar-refractivity contribution is 5.72. The maximum atomic E-state index is 12.2. The lowest BCUT2D eigenvalue weighted by Gasteiger charge is -2.06. The van der Waals surface area contributed by atoms with E-state index in [1.54, 1.807) is 36.5 Å². The van der Waals surface area contributed by atoms with Crippen LogP contribution < -0.4 is 9.47 Å². The molecule has 0 radical (unpaired) electrons. The molecule has 0 aliphatic rings. The number of hydrogen-bond donors (Lipinski definition) is 0. The van der Waals surface area contributed by atoms with E-state index in [4.69, 9.17) is 14.0 Å². The summed E-state index contributed by atoms with van der Waals surface area (Å²) in [6, 6.07) is 20.2. The molecule has 0 N–H and O–H groups in total. The first-order chi connectivity index (χ1) is 15.6. The molecular weight excluding hydrogens is 406 g/mol. The third kappa shape index (κ3) is 5.57. The third-order valence-corrected chi connectivity index (χ3v) is 4.76. The number of aryl methyl sites for hydroxylation is 1. The van der Waals surface area contributed by atoms with Gasteiger partial charge in [0.25, 0.3) is 0 Å². The lowest BCUT2D eigenvalue weighted by Crippen LogP contribution is -2.09. The minimum Gasteiger partial charge on any atom is -0.439 e. The Hall–Kier alpha value is -4.00. The van der Waals surface area contributed by atoms with Gasteiger partial charge in [-0.15, -0.1) is 0 Å². The van der Waals surface area contributed by atoms with E-state index in [2.05, 4.69) is 41.1 Å². The zero-order valence-corrected chi connectivity index (χ0v) is 17.9. The van der Waals surface area contributed by atoms with E-state index in [0.29, 0.717) is 41.4 Å². The second-order valence-corrected chi connectivity index (χ2v) is 7.50. The zero-order chi connectivity index (χ0) is 22.3. The predicted octanol–water partition coefficient (Wildman–Crippen LogP) is 5.59. The van der Waals surface area contributed by atoms with Gasteiger partial charge in [0.2, 0.25) is 17.6 Å². The molecule has 0 bridgehead atoms. The van der Waals surface area contributed by atoms with Crippen LogP contribution in [0.2, 0.25) is 0 Å². The Labute approximate surface area is 186 Å². The molecule has 32 heavy (non-hydrogen) atoms. The molecule has 2 aromatic heterocycles. The van der Waals surface area contributed by atoms with Gasteiger partial charge in [0.1, 0.15) is 11.5 Å². The maximum Gasteiger partial charge on any atom is 0.311 e. The van der Waals surface area contributed by atoms with Crippen molar-refractivity contribution in [2.24, 2.45) is 0 Å². The van der Waals surface area contributed by atoms with Gasteiger partial charge in [0.05, 0.1) is 6.42 Å². The standard InChI is InChI=1S/C25H23N3O4/c1-17(2)18-6-8-19(9-7-18)25-27-23(32-28-25)14-15-24(29)31-21-12-10-20(11-13-21)30-22-5-3-4-16-26-22/h3-13,16-17H,14-15H2,1-2H3. The molecule has 7 heteroatoms. The molecular formula is C25H23N3O4. The van der Waals surface area contributed by atoms with Crippen LogP contribution in [0.3, 0.4) is 0 Å². The van der Waals surface area contributed by atoms with Gasteiger partial charge in [-0.2, -0.15) is 4.98 Å². The van der Waals surface area contributed by atoms with Crippen LogP contribution in [-0.2, 0) is 11.2 Å². The second-order valence-electron chi connectivity index (χ2n) is 7.50. The van der Waals surface area contributed by atoms with Crippen LogP contribution >= 0.6 is 0 Å². The predicted molar refractivity (Wildman–Crippen MR) is 119 cm³/mol. The summed E-state index contributed by atoms with van der Waals surface area (Å²) in [6.45, 7) is 4.29. The van der Waals surface area contributed by atoms with Crippen LogP contribution in [0.5, 0.6) is 17.4 Å². The van der Waals surface area contributed by atoms with Crippen LogP contribution in [0.15, 0.2) is 77.4 Å². The minimum atomic E-state index is -0.385. The zero-order valence-electron chi connectivity index (χ0n) is 17.9. The number of rotatable bonds is 8. The first-order valence-electron chi connectivity index (χ1n) is 10.4. The smallest absolute Gasteiger partial charge is 0.311 e. The highest BCUT2D eigenvalue weighted by atomic mass is 16.5. The number of benzene rings is 2. The molecule has 2 heterocycles. The molecule has 0 fully saturated rings. The fourth-order valence-corrected chi connectivity index (χ4v) is 2.99. The van der Waals surface area contributed by atoms with Crippen molar-refractivity contribution in [3.63, 3.8) is 0 Å². The number of aromatic nitrogens is 3.